The lowest BCUT2D eigenvalue weighted by Gasteiger charge is -2.13. The molecule has 0 amide bonds. The number of hydrogen-bond donors (Lipinski definition) is 1. The first-order valence-electron chi connectivity index (χ1n) is 10.2. The van der Waals surface area contributed by atoms with E-state index in [1.165, 1.54) is 49.7 Å². The van der Waals surface area contributed by atoms with Crippen LogP contribution in [0.25, 0.3) is 44.5 Å². The molecule has 1 aliphatic rings. The Morgan fingerprint density at radius 2 is 1.57 bits per heavy atom. The summed E-state index contributed by atoms with van der Waals surface area (Å²) in [5, 5.41) is 3.92. The van der Waals surface area contributed by atoms with Gasteiger partial charge in [-0.2, -0.15) is 0 Å². The maximum Gasteiger partial charge on any atom is 0.0545 e. The zero-order chi connectivity index (χ0) is 19.1. The van der Waals surface area contributed by atoms with E-state index >= 15 is 0 Å². The third-order valence-corrected chi connectivity index (χ3v) is 5.58. The second kappa shape index (κ2) is 6.72. The van der Waals surface area contributed by atoms with Crippen molar-refractivity contribution in [3.8, 4) is 5.69 Å². The first-order chi connectivity index (χ1) is 13.9. The molecule has 3 aromatic carbocycles. The van der Waals surface area contributed by atoms with E-state index in [1.807, 2.05) is 13.8 Å². The van der Waals surface area contributed by atoms with Crippen molar-refractivity contribution in [2.45, 2.75) is 26.7 Å². The fraction of sp³-hybridized carbons (Fsp3) is 0.154. The van der Waals surface area contributed by atoms with Gasteiger partial charge < -0.3 is 9.55 Å². The van der Waals surface area contributed by atoms with Gasteiger partial charge in [0.1, 0.15) is 0 Å². The van der Waals surface area contributed by atoms with E-state index in [0.717, 1.165) is 12.8 Å². The molecule has 0 aliphatic heterocycles. The number of benzene rings is 3. The van der Waals surface area contributed by atoms with Crippen molar-refractivity contribution < 1.29 is 0 Å². The average Bonchev–Trinajstić information content (AvgIpc) is 3.29. The Kier molecular flexibility index (Phi) is 4.05. The van der Waals surface area contributed by atoms with Crippen LogP contribution in [-0.4, -0.2) is 9.55 Å². The van der Waals surface area contributed by atoms with Crippen molar-refractivity contribution in [2.24, 2.45) is 0 Å². The zero-order valence-electron chi connectivity index (χ0n) is 16.4. The molecule has 0 saturated heterocycles. The van der Waals surface area contributed by atoms with E-state index in [1.54, 1.807) is 0 Å². The van der Waals surface area contributed by atoms with Crippen LogP contribution >= 0.6 is 0 Å². The summed E-state index contributed by atoms with van der Waals surface area (Å²) in [6, 6.07) is 24.0. The molecule has 6 rings (SSSR count). The second-order valence-corrected chi connectivity index (χ2v) is 7.06. The molecule has 2 aromatic heterocycles. The Balaban J connectivity index is 0.000000829. The molecule has 0 fully saturated rings. The van der Waals surface area contributed by atoms with Crippen molar-refractivity contribution in [3.05, 3.63) is 84.1 Å². The smallest absolute Gasteiger partial charge is 0.0545 e. The third-order valence-electron chi connectivity index (χ3n) is 5.58. The third kappa shape index (κ3) is 2.41. The summed E-state index contributed by atoms with van der Waals surface area (Å²) in [5.74, 6) is 0. The van der Waals surface area contributed by atoms with Crippen molar-refractivity contribution in [1.82, 2.24) is 9.55 Å². The summed E-state index contributed by atoms with van der Waals surface area (Å²) >= 11 is 0. The molecule has 0 unspecified atom stereocenters. The molecule has 1 N–H and O–H groups in total. The van der Waals surface area contributed by atoms with Crippen LogP contribution < -0.4 is 0 Å². The molecule has 0 atom stereocenters. The first kappa shape index (κ1) is 16.9. The number of nitrogens with zero attached hydrogens (tertiary/aromatic N) is 1. The lowest BCUT2D eigenvalue weighted by molar-refractivity contribution is 0.889. The predicted molar refractivity (Wildman–Crippen MR) is 121 cm³/mol. The van der Waals surface area contributed by atoms with Gasteiger partial charge in [-0.25, -0.2) is 0 Å². The minimum atomic E-state index is 1.09. The molecule has 1 aliphatic carbocycles. The highest BCUT2D eigenvalue weighted by atomic mass is 15.0. The van der Waals surface area contributed by atoms with Crippen LogP contribution in [0.5, 0.6) is 0 Å². The van der Waals surface area contributed by atoms with E-state index in [-0.39, 0.29) is 0 Å². The first-order valence-corrected chi connectivity index (χ1v) is 10.2. The SMILES string of the molecule is C1=Cc2c(n(-c3ccccc3)c3cc4c(cc23)[nH]c2ccccc24)CC1.CC. The molecular weight excluding hydrogens is 340 g/mol. The summed E-state index contributed by atoms with van der Waals surface area (Å²) in [6.07, 6.45) is 6.79. The molecule has 28 heavy (non-hydrogen) atoms. The summed E-state index contributed by atoms with van der Waals surface area (Å²) in [7, 11) is 0. The average molecular weight is 364 g/mol. The number of H-pyrrole nitrogens is 1. The molecule has 2 heteroatoms. The second-order valence-electron chi connectivity index (χ2n) is 7.06. The highest BCUT2D eigenvalue weighted by molar-refractivity contribution is 6.13. The Labute approximate surface area is 165 Å². The molecule has 0 spiro atoms. The number of aromatic amines is 1. The van der Waals surface area contributed by atoms with Crippen molar-refractivity contribution >= 4 is 38.8 Å². The predicted octanol–water partition coefficient (Wildman–Crippen LogP) is 7.25. The van der Waals surface area contributed by atoms with Crippen LogP contribution in [0.4, 0.5) is 0 Å². The molecule has 0 saturated carbocycles. The van der Waals surface area contributed by atoms with Crippen LogP contribution in [0.3, 0.4) is 0 Å². The summed E-state index contributed by atoms with van der Waals surface area (Å²) < 4.78 is 2.45. The van der Waals surface area contributed by atoms with E-state index in [2.05, 4.69) is 88.4 Å². The van der Waals surface area contributed by atoms with E-state index in [4.69, 9.17) is 0 Å². The van der Waals surface area contributed by atoms with Crippen LogP contribution in [0, 0.1) is 0 Å². The van der Waals surface area contributed by atoms with Gasteiger partial charge in [-0.05, 0) is 43.2 Å². The van der Waals surface area contributed by atoms with Gasteiger partial charge in [0.15, 0.2) is 0 Å². The van der Waals surface area contributed by atoms with Gasteiger partial charge in [-0.3, -0.25) is 0 Å². The van der Waals surface area contributed by atoms with Crippen LogP contribution in [0.15, 0.2) is 72.8 Å². The van der Waals surface area contributed by atoms with Crippen molar-refractivity contribution in [2.75, 3.05) is 0 Å². The van der Waals surface area contributed by atoms with Gasteiger partial charge in [0, 0.05) is 44.1 Å². The standard InChI is InChI=1S/C24H18N2.C2H6/c1-2-8-16(9-3-1)26-23-13-7-5-11-18(23)20-14-22-19(15-24(20)26)17-10-4-6-12-21(17)25-22;1-2/h1-6,8-12,14-15,25H,7,13H2;1-2H3. The minimum absolute atomic E-state index is 1.09. The Hall–Kier alpha value is -3.26. The molecular formula is C26H24N2. The van der Waals surface area contributed by atoms with Crippen molar-refractivity contribution in [1.29, 1.82) is 0 Å². The molecule has 0 bridgehead atoms. The number of hydrogen-bond acceptors (Lipinski definition) is 0. The number of nitrogens with one attached hydrogen (secondary N) is 1. The molecule has 138 valence electrons. The fourth-order valence-electron chi connectivity index (χ4n) is 4.43. The zero-order valence-corrected chi connectivity index (χ0v) is 16.4. The Morgan fingerprint density at radius 3 is 2.43 bits per heavy atom. The van der Waals surface area contributed by atoms with Gasteiger partial charge in [-0.1, -0.05) is 62.4 Å². The number of rotatable bonds is 1. The fourth-order valence-corrected chi connectivity index (χ4v) is 4.43. The molecule has 2 nitrogen and oxygen atoms in total. The lowest BCUT2D eigenvalue weighted by atomic mass is 10.0. The van der Waals surface area contributed by atoms with Gasteiger partial charge >= 0.3 is 0 Å². The number of para-hydroxylation sites is 2. The molecule has 0 radical (unpaired) electrons. The van der Waals surface area contributed by atoms with E-state index < -0.39 is 0 Å². The highest BCUT2D eigenvalue weighted by Crippen LogP contribution is 2.37. The lowest BCUT2D eigenvalue weighted by Crippen LogP contribution is -2.02. The summed E-state index contributed by atoms with van der Waals surface area (Å²) in [4.78, 5) is 3.59. The number of fused-ring (bicyclic) bond motifs is 6. The maximum absolute atomic E-state index is 3.59. The van der Waals surface area contributed by atoms with E-state index in [0.29, 0.717) is 0 Å². The van der Waals surface area contributed by atoms with Gasteiger partial charge in [0.05, 0.1) is 5.52 Å². The normalized spacial score (nSPS) is 12.9. The van der Waals surface area contributed by atoms with Gasteiger partial charge in [0.25, 0.3) is 0 Å². The summed E-state index contributed by atoms with van der Waals surface area (Å²) in [5.41, 5.74) is 7.75. The largest absolute Gasteiger partial charge is 0.354 e. The van der Waals surface area contributed by atoms with Crippen LogP contribution in [0.1, 0.15) is 31.5 Å². The maximum atomic E-state index is 3.59. The highest BCUT2D eigenvalue weighted by Gasteiger charge is 2.19. The van der Waals surface area contributed by atoms with Crippen LogP contribution in [-0.2, 0) is 6.42 Å². The Morgan fingerprint density at radius 1 is 0.786 bits per heavy atom. The quantitative estimate of drug-likeness (QED) is 0.323. The molecule has 5 aromatic rings. The summed E-state index contributed by atoms with van der Waals surface area (Å²) in [6.45, 7) is 4.00. The molecule has 2 heterocycles. The topological polar surface area (TPSA) is 20.7 Å². The van der Waals surface area contributed by atoms with Gasteiger partial charge in [0.2, 0.25) is 0 Å². The number of allylic oxidation sites excluding steroid dienone is 1. The van der Waals surface area contributed by atoms with E-state index in [9.17, 15) is 0 Å². The monoisotopic (exact) mass is 364 g/mol. The minimum Gasteiger partial charge on any atom is -0.354 e. The van der Waals surface area contributed by atoms with Gasteiger partial charge in [-0.15, -0.1) is 0 Å². The number of aromatic nitrogens is 2. The Bertz CT molecular complexity index is 1320. The van der Waals surface area contributed by atoms with Crippen molar-refractivity contribution in [3.63, 3.8) is 0 Å². The van der Waals surface area contributed by atoms with Crippen LogP contribution in [0.2, 0.25) is 0 Å².